The standard InChI is InChI=1S/C23H32N2O5/c1-23(2,3)30-22(27)24-10-4-6-17(15-24)21(26)25-11-5-7-18(25)16-8-9-19-20(14-16)29-13-12-28-19/h8-9,14,17-18H,4-7,10-13,15H2,1-3H3/t17-,18+/m1/s1. The minimum absolute atomic E-state index is 0.0465. The predicted molar refractivity (Wildman–Crippen MR) is 112 cm³/mol. The lowest BCUT2D eigenvalue weighted by molar-refractivity contribution is -0.138. The van der Waals surface area contributed by atoms with Crippen LogP contribution in [0.15, 0.2) is 18.2 Å². The van der Waals surface area contributed by atoms with Crippen LogP contribution in [0.1, 0.15) is 58.1 Å². The number of fused-ring (bicyclic) bond motifs is 1. The third kappa shape index (κ3) is 4.50. The molecule has 1 aromatic rings. The lowest BCUT2D eigenvalue weighted by Gasteiger charge is -2.36. The quantitative estimate of drug-likeness (QED) is 0.734. The lowest BCUT2D eigenvalue weighted by Crippen LogP contribution is -2.47. The normalized spacial score (nSPS) is 24.0. The third-order valence-corrected chi connectivity index (χ3v) is 5.91. The van der Waals surface area contributed by atoms with Gasteiger partial charge in [0.15, 0.2) is 11.5 Å². The molecule has 3 heterocycles. The zero-order valence-electron chi connectivity index (χ0n) is 18.2. The van der Waals surface area contributed by atoms with Crippen LogP contribution in [0.25, 0.3) is 0 Å². The Hall–Kier alpha value is -2.44. The first kappa shape index (κ1) is 20.8. The van der Waals surface area contributed by atoms with Crippen LogP contribution in [0.2, 0.25) is 0 Å². The van der Waals surface area contributed by atoms with E-state index in [-0.39, 0.29) is 24.0 Å². The Kier molecular flexibility index (Phi) is 5.80. The summed E-state index contributed by atoms with van der Waals surface area (Å²) >= 11 is 0. The summed E-state index contributed by atoms with van der Waals surface area (Å²) in [6, 6.07) is 6.04. The molecule has 0 saturated carbocycles. The Morgan fingerprint density at radius 2 is 1.77 bits per heavy atom. The van der Waals surface area contributed by atoms with Crippen molar-refractivity contribution in [2.45, 2.75) is 58.1 Å². The molecule has 30 heavy (non-hydrogen) atoms. The van der Waals surface area contributed by atoms with Crippen LogP contribution in [-0.4, -0.2) is 60.2 Å². The molecule has 0 radical (unpaired) electrons. The second-order valence-corrected chi connectivity index (χ2v) is 9.36. The number of nitrogens with zero attached hydrogens (tertiary/aromatic N) is 2. The Morgan fingerprint density at radius 3 is 2.53 bits per heavy atom. The first-order valence-corrected chi connectivity index (χ1v) is 11.0. The van der Waals surface area contributed by atoms with E-state index >= 15 is 0 Å². The minimum Gasteiger partial charge on any atom is -0.486 e. The largest absolute Gasteiger partial charge is 0.486 e. The van der Waals surface area contributed by atoms with E-state index in [0.717, 1.165) is 49.3 Å². The highest BCUT2D eigenvalue weighted by atomic mass is 16.6. The number of ether oxygens (including phenoxy) is 3. The van der Waals surface area contributed by atoms with Crippen molar-refractivity contribution in [1.29, 1.82) is 0 Å². The Bertz CT molecular complexity index is 803. The summed E-state index contributed by atoms with van der Waals surface area (Å²) in [5, 5.41) is 0. The number of rotatable bonds is 2. The van der Waals surface area contributed by atoms with Crippen LogP contribution < -0.4 is 9.47 Å². The van der Waals surface area contributed by atoms with Gasteiger partial charge in [0.05, 0.1) is 12.0 Å². The topological polar surface area (TPSA) is 68.3 Å². The van der Waals surface area contributed by atoms with Crippen molar-refractivity contribution < 1.29 is 23.8 Å². The Labute approximate surface area is 178 Å². The van der Waals surface area contributed by atoms with Crippen molar-refractivity contribution in [1.82, 2.24) is 9.80 Å². The zero-order chi connectivity index (χ0) is 21.3. The molecule has 2 saturated heterocycles. The maximum atomic E-state index is 13.4. The summed E-state index contributed by atoms with van der Waals surface area (Å²) < 4.78 is 16.9. The Balaban J connectivity index is 1.45. The zero-order valence-corrected chi connectivity index (χ0v) is 18.2. The average molecular weight is 417 g/mol. The summed E-state index contributed by atoms with van der Waals surface area (Å²) in [6.07, 6.45) is 3.21. The Morgan fingerprint density at radius 1 is 1.03 bits per heavy atom. The van der Waals surface area contributed by atoms with Gasteiger partial charge in [0.25, 0.3) is 0 Å². The van der Waals surface area contributed by atoms with Gasteiger partial charge in [-0.1, -0.05) is 6.07 Å². The van der Waals surface area contributed by atoms with Gasteiger partial charge >= 0.3 is 6.09 Å². The number of piperidine rings is 1. The molecular formula is C23H32N2O5. The molecule has 0 bridgehead atoms. The van der Waals surface area contributed by atoms with Gasteiger partial charge in [-0.05, 0) is 64.2 Å². The van der Waals surface area contributed by atoms with Crippen LogP contribution in [-0.2, 0) is 9.53 Å². The van der Waals surface area contributed by atoms with Crippen LogP contribution in [0.3, 0.4) is 0 Å². The van der Waals surface area contributed by atoms with E-state index in [1.54, 1.807) is 4.90 Å². The first-order valence-electron chi connectivity index (χ1n) is 11.0. The molecule has 3 aliphatic heterocycles. The van der Waals surface area contributed by atoms with Crippen molar-refractivity contribution in [3.63, 3.8) is 0 Å². The smallest absolute Gasteiger partial charge is 0.410 e. The van der Waals surface area contributed by atoms with Crippen molar-refractivity contribution in [3.05, 3.63) is 23.8 Å². The summed E-state index contributed by atoms with van der Waals surface area (Å²) in [5.74, 6) is 1.48. The third-order valence-electron chi connectivity index (χ3n) is 5.91. The first-order chi connectivity index (χ1) is 14.3. The number of likely N-dealkylation sites (tertiary alicyclic amines) is 2. The summed E-state index contributed by atoms with van der Waals surface area (Å²) in [6.45, 7) is 8.52. The lowest BCUT2D eigenvalue weighted by atomic mass is 9.95. The van der Waals surface area contributed by atoms with E-state index in [4.69, 9.17) is 14.2 Å². The molecule has 0 unspecified atom stereocenters. The monoisotopic (exact) mass is 416 g/mol. The van der Waals surface area contributed by atoms with E-state index in [0.29, 0.717) is 26.3 Å². The van der Waals surface area contributed by atoms with Crippen LogP contribution in [0, 0.1) is 5.92 Å². The maximum Gasteiger partial charge on any atom is 0.410 e. The second-order valence-electron chi connectivity index (χ2n) is 9.36. The van der Waals surface area contributed by atoms with Crippen LogP contribution in [0.5, 0.6) is 11.5 Å². The number of amides is 2. The average Bonchev–Trinajstić information content (AvgIpc) is 3.21. The van der Waals surface area contributed by atoms with Gasteiger partial charge in [0, 0.05) is 19.6 Å². The summed E-state index contributed by atoms with van der Waals surface area (Å²) in [5.41, 5.74) is 0.552. The van der Waals surface area contributed by atoms with E-state index in [1.165, 1.54) is 0 Å². The molecule has 0 aliphatic carbocycles. The van der Waals surface area contributed by atoms with E-state index < -0.39 is 5.60 Å². The SMILES string of the molecule is CC(C)(C)OC(=O)N1CCC[C@@H](C(=O)N2CCC[C@H]2c2ccc3c(c2)OCCO3)C1. The number of hydrogen-bond acceptors (Lipinski definition) is 5. The summed E-state index contributed by atoms with van der Waals surface area (Å²) in [4.78, 5) is 29.6. The van der Waals surface area contributed by atoms with E-state index in [9.17, 15) is 9.59 Å². The number of carbonyl (C=O) groups is 2. The molecule has 2 amide bonds. The van der Waals surface area contributed by atoms with Crippen LogP contribution >= 0.6 is 0 Å². The molecule has 7 heteroatoms. The van der Waals surface area contributed by atoms with Crippen molar-refractivity contribution in [2.75, 3.05) is 32.8 Å². The molecule has 0 N–H and O–H groups in total. The summed E-state index contributed by atoms with van der Waals surface area (Å²) in [7, 11) is 0. The number of benzene rings is 1. The molecule has 2 atom stereocenters. The molecule has 164 valence electrons. The second kappa shape index (κ2) is 8.36. The van der Waals surface area contributed by atoms with Gasteiger partial charge in [0.1, 0.15) is 18.8 Å². The fourth-order valence-electron chi connectivity index (χ4n) is 4.55. The van der Waals surface area contributed by atoms with Gasteiger partial charge in [-0.3, -0.25) is 4.79 Å². The highest BCUT2D eigenvalue weighted by Gasteiger charge is 2.37. The molecule has 3 aliphatic rings. The molecule has 4 rings (SSSR count). The highest BCUT2D eigenvalue weighted by Crippen LogP contribution is 2.39. The molecule has 1 aromatic carbocycles. The van der Waals surface area contributed by atoms with Crippen LogP contribution in [0.4, 0.5) is 4.79 Å². The number of carbonyl (C=O) groups excluding carboxylic acids is 2. The van der Waals surface area contributed by atoms with E-state index in [1.807, 2.05) is 43.9 Å². The van der Waals surface area contributed by atoms with E-state index in [2.05, 4.69) is 0 Å². The van der Waals surface area contributed by atoms with Crippen molar-refractivity contribution >= 4 is 12.0 Å². The van der Waals surface area contributed by atoms with Gasteiger partial charge < -0.3 is 24.0 Å². The van der Waals surface area contributed by atoms with Crippen molar-refractivity contribution in [2.24, 2.45) is 5.92 Å². The van der Waals surface area contributed by atoms with Crippen molar-refractivity contribution in [3.8, 4) is 11.5 Å². The van der Waals surface area contributed by atoms with Gasteiger partial charge in [-0.25, -0.2) is 4.79 Å². The number of hydrogen-bond donors (Lipinski definition) is 0. The maximum absolute atomic E-state index is 13.4. The molecular weight excluding hydrogens is 384 g/mol. The molecule has 0 spiro atoms. The highest BCUT2D eigenvalue weighted by molar-refractivity contribution is 5.81. The fraction of sp³-hybridized carbons (Fsp3) is 0.652. The predicted octanol–water partition coefficient (Wildman–Crippen LogP) is 3.77. The fourth-order valence-corrected chi connectivity index (χ4v) is 4.55. The molecule has 0 aromatic heterocycles. The van der Waals surface area contributed by atoms with Gasteiger partial charge in [-0.2, -0.15) is 0 Å². The molecule has 7 nitrogen and oxygen atoms in total. The minimum atomic E-state index is -0.535. The van der Waals surface area contributed by atoms with Gasteiger partial charge in [0.2, 0.25) is 5.91 Å². The van der Waals surface area contributed by atoms with Gasteiger partial charge in [-0.15, -0.1) is 0 Å². The molecule has 2 fully saturated rings.